The predicted molar refractivity (Wildman–Crippen MR) is 79.7 cm³/mol. The maximum Gasteiger partial charge on any atom is 0.132 e. The Hall–Kier alpha value is -0.710. The first-order valence-electron chi connectivity index (χ1n) is 6.85. The molecule has 0 heterocycles. The highest BCUT2D eigenvalue weighted by Gasteiger charge is 2.38. The lowest BCUT2D eigenvalue weighted by molar-refractivity contribution is 0.158. The van der Waals surface area contributed by atoms with Gasteiger partial charge in [-0.15, -0.1) is 11.8 Å². The molecule has 1 aliphatic carbocycles. The second-order valence-corrected chi connectivity index (χ2v) is 6.41. The molecule has 106 valence electrons. The molecule has 2 atom stereocenters. The maximum absolute atomic E-state index is 9.44. The Kier molecular flexibility index (Phi) is 5.13. The van der Waals surface area contributed by atoms with E-state index in [0.29, 0.717) is 5.92 Å². The van der Waals surface area contributed by atoms with Crippen LogP contribution in [0.5, 0.6) is 5.75 Å². The number of aliphatic hydroxyl groups excluding tert-OH is 1. The minimum atomic E-state index is -0.346. The molecule has 0 spiro atoms. The number of hydrogen-bond acceptors (Lipinski definition) is 4. The van der Waals surface area contributed by atoms with Crippen LogP contribution in [0, 0.1) is 5.92 Å². The van der Waals surface area contributed by atoms with E-state index in [1.165, 1.54) is 4.90 Å². The largest absolute Gasteiger partial charge is 0.496 e. The highest BCUT2D eigenvalue weighted by molar-refractivity contribution is 7.99. The minimum Gasteiger partial charge on any atom is -0.496 e. The van der Waals surface area contributed by atoms with Gasteiger partial charge in [-0.1, -0.05) is 18.6 Å². The second-order valence-electron chi connectivity index (χ2n) is 5.27. The summed E-state index contributed by atoms with van der Waals surface area (Å²) in [5.74, 6) is 2.39. The van der Waals surface area contributed by atoms with Crippen molar-refractivity contribution in [2.24, 2.45) is 11.7 Å². The van der Waals surface area contributed by atoms with E-state index in [4.69, 9.17) is 10.5 Å². The molecule has 2 rings (SSSR count). The molecular weight excluding hydrogens is 258 g/mol. The first-order chi connectivity index (χ1) is 9.19. The van der Waals surface area contributed by atoms with Gasteiger partial charge in [0.1, 0.15) is 5.75 Å². The van der Waals surface area contributed by atoms with E-state index in [1.807, 2.05) is 30.0 Å². The fourth-order valence-corrected chi connectivity index (χ4v) is 3.95. The van der Waals surface area contributed by atoms with Crippen LogP contribution in [0.3, 0.4) is 0 Å². The molecule has 2 unspecified atom stereocenters. The summed E-state index contributed by atoms with van der Waals surface area (Å²) in [7, 11) is 1.70. The first-order valence-corrected chi connectivity index (χ1v) is 7.84. The summed E-state index contributed by atoms with van der Waals surface area (Å²) >= 11 is 1.81. The van der Waals surface area contributed by atoms with Gasteiger partial charge in [-0.2, -0.15) is 0 Å². The Balaban J connectivity index is 1.86. The lowest BCUT2D eigenvalue weighted by Crippen LogP contribution is -2.47. The third kappa shape index (κ3) is 3.44. The monoisotopic (exact) mass is 281 g/mol. The number of para-hydroxylation sites is 1. The highest BCUT2D eigenvalue weighted by atomic mass is 32.2. The van der Waals surface area contributed by atoms with Gasteiger partial charge < -0.3 is 15.6 Å². The number of nitrogens with two attached hydrogens (primary N) is 1. The van der Waals surface area contributed by atoms with Gasteiger partial charge in [0.15, 0.2) is 0 Å². The van der Waals surface area contributed by atoms with Crippen molar-refractivity contribution in [3.63, 3.8) is 0 Å². The summed E-state index contributed by atoms with van der Waals surface area (Å²) in [6.07, 6.45) is 4.29. The predicted octanol–water partition coefficient (Wildman–Crippen LogP) is 2.67. The van der Waals surface area contributed by atoms with Crippen molar-refractivity contribution in [3.05, 3.63) is 24.3 Å². The maximum atomic E-state index is 9.44. The zero-order valence-corrected chi connectivity index (χ0v) is 12.3. The molecule has 0 bridgehead atoms. The van der Waals surface area contributed by atoms with Crippen molar-refractivity contribution in [1.82, 2.24) is 0 Å². The van der Waals surface area contributed by atoms with Crippen molar-refractivity contribution < 1.29 is 9.84 Å². The Morgan fingerprint density at radius 3 is 3.00 bits per heavy atom. The number of aliphatic hydroxyl groups is 1. The summed E-state index contributed by atoms with van der Waals surface area (Å²) in [6, 6.07) is 8.08. The molecule has 0 saturated heterocycles. The van der Waals surface area contributed by atoms with Crippen LogP contribution in [0.25, 0.3) is 0 Å². The Bertz CT molecular complexity index is 413. The molecule has 0 aromatic heterocycles. The number of methoxy groups -OCH3 is 1. The number of hydrogen-bond donors (Lipinski definition) is 2. The van der Waals surface area contributed by atoms with E-state index in [2.05, 4.69) is 6.07 Å². The van der Waals surface area contributed by atoms with Crippen molar-refractivity contribution in [2.45, 2.75) is 36.1 Å². The molecule has 1 aliphatic rings. The molecule has 1 aromatic rings. The average Bonchev–Trinajstić information content (AvgIpc) is 2.81. The smallest absolute Gasteiger partial charge is 0.132 e. The molecular formula is C15H23NO2S. The molecule has 1 aromatic carbocycles. The van der Waals surface area contributed by atoms with Gasteiger partial charge in [-0.25, -0.2) is 0 Å². The third-order valence-electron chi connectivity index (χ3n) is 4.10. The quantitative estimate of drug-likeness (QED) is 0.787. The number of benzene rings is 1. The average molecular weight is 281 g/mol. The summed E-state index contributed by atoms with van der Waals surface area (Å²) in [4.78, 5) is 1.18. The zero-order valence-electron chi connectivity index (χ0n) is 11.5. The van der Waals surface area contributed by atoms with Crippen LogP contribution in [0.15, 0.2) is 29.2 Å². The highest BCUT2D eigenvalue weighted by Crippen LogP contribution is 2.38. The lowest BCUT2D eigenvalue weighted by atomic mass is 9.87. The standard InChI is InChI=1S/C15H23NO2S/c1-18-13-6-2-3-7-14(13)19-10-8-12-5-4-9-15(12,16)11-17/h2-3,6-7,12,17H,4-5,8-11,16H2,1H3. The van der Waals surface area contributed by atoms with E-state index in [-0.39, 0.29) is 12.1 Å². The van der Waals surface area contributed by atoms with Crippen molar-refractivity contribution in [1.29, 1.82) is 0 Å². The van der Waals surface area contributed by atoms with Gasteiger partial charge in [-0.3, -0.25) is 0 Å². The third-order valence-corrected chi connectivity index (χ3v) is 5.18. The van der Waals surface area contributed by atoms with Gasteiger partial charge in [0.05, 0.1) is 13.7 Å². The minimum absolute atomic E-state index is 0.108. The summed E-state index contributed by atoms with van der Waals surface area (Å²) in [5, 5.41) is 9.44. The van der Waals surface area contributed by atoms with Crippen molar-refractivity contribution >= 4 is 11.8 Å². The Morgan fingerprint density at radius 2 is 2.26 bits per heavy atom. The second kappa shape index (κ2) is 6.64. The van der Waals surface area contributed by atoms with E-state index in [1.54, 1.807) is 7.11 Å². The Labute approximate surface area is 119 Å². The molecule has 3 N–H and O–H groups in total. The van der Waals surface area contributed by atoms with Crippen LogP contribution in [0.2, 0.25) is 0 Å². The molecule has 19 heavy (non-hydrogen) atoms. The van der Waals surface area contributed by atoms with Crippen LogP contribution in [-0.2, 0) is 0 Å². The number of rotatable bonds is 6. The van der Waals surface area contributed by atoms with Gasteiger partial charge in [0, 0.05) is 10.4 Å². The summed E-state index contributed by atoms with van der Waals surface area (Å²) in [6.45, 7) is 0.108. The lowest BCUT2D eigenvalue weighted by Gasteiger charge is -2.29. The van der Waals surface area contributed by atoms with E-state index in [0.717, 1.165) is 37.2 Å². The fraction of sp³-hybridized carbons (Fsp3) is 0.600. The number of thioether (sulfide) groups is 1. The molecule has 1 fully saturated rings. The molecule has 1 saturated carbocycles. The van der Waals surface area contributed by atoms with Crippen LogP contribution in [-0.4, -0.2) is 30.1 Å². The van der Waals surface area contributed by atoms with Crippen LogP contribution >= 0.6 is 11.8 Å². The normalized spacial score (nSPS) is 26.6. The van der Waals surface area contributed by atoms with Gasteiger partial charge in [0.2, 0.25) is 0 Å². The van der Waals surface area contributed by atoms with Gasteiger partial charge >= 0.3 is 0 Å². The van der Waals surface area contributed by atoms with Gasteiger partial charge in [0.25, 0.3) is 0 Å². The molecule has 0 aliphatic heterocycles. The number of ether oxygens (including phenoxy) is 1. The van der Waals surface area contributed by atoms with Crippen molar-refractivity contribution in [2.75, 3.05) is 19.5 Å². The van der Waals surface area contributed by atoms with Crippen molar-refractivity contribution in [3.8, 4) is 5.75 Å². The topological polar surface area (TPSA) is 55.5 Å². The molecule has 0 amide bonds. The molecule has 0 radical (unpaired) electrons. The fourth-order valence-electron chi connectivity index (χ4n) is 2.86. The molecule has 4 heteroatoms. The summed E-state index contributed by atoms with van der Waals surface area (Å²) < 4.78 is 5.34. The van der Waals surface area contributed by atoms with E-state index < -0.39 is 0 Å². The summed E-state index contributed by atoms with van der Waals surface area (Å²) in [5.41, 5.74) is 5.91. The van der Waals surface area contributed by atoms with Crippen LogP contribution in [0.4, 0.5) is 0 Å². The van der Waals surface area contributed by atoms with E-state index in [9.17, 15) is 5.11 Å². The van der Waals surface area contributed by atoms with Gasteiger partial charge in [-0.05, 0) is 43.1 Å². The first kappa shape index (κ1) is 14.7. The Morgan fingerprint density at radius 1 is 1.47 bits per heavy atom. The van der Waals surface area contributed by atoms with E-state index >= 15 is 0 Å². The zero-order chi connectivity index (χ0) is 13.7. The molecule has 3 nitrogen and oxygen atoms in total. The SMILES string of the molecule is COc1ccccc1SCCC1CCCC1(N)CO. The van der Waals surface area contributed by atoms with Crippen LogP contribution in [0.1, 0.15) is 25.7 Å². The van der Waals surface area contributed by atoms with Crippen LogP contribution < -0.4 is 10.5 Å².